The molecule has 1 aromatic heterocycles. The summed E-state index contributed by atoms with van der Waals surface area (Å²) in [6.07, 6.45) is 2.06. The molecule has 16 heavy (non-hydrogen) atoms. The van der Waals surface area contributed by atoms with Gasteiger partial charge in [0.25, 0.3) is 0 Å². The van der Waals surface area contributed by atoms with E-state index < -0.39 is 0 Å². The van der Waals surface area contributed by atoms with Crippen molar-refractivity contribution < 1.29 is 4.79 Å². The number of amides is 1. The van der Waals surface area contributed by atoms with Crippen molar-refractivity contribution in [1.29, 1.82) is 0 Å². The average Bonchev–Trinajstić information content (AvgIpc) is 2.23. The molecule has 0 aromatic carbocycles. The van der Waals surface area contributed by atoms with Crippen molar-refractivity contribution in [2.24, 2.45) is 11.7 Å². The Morgan fingerprint density at radius 3 is 2.94 bits per heavy atom. The van der Waals surface area contributed by atoms with E-state index in [0.29, 0.717) is 13.0 Å². The van der Waals surface area contributed by atoms with Crippen LogP contribution in [0.25, 0.3) is 0 Å². The van der Waals surface area contributed by atoms with Gasteiger partial charge in [0.1, 0.15) is 4.60 Å². The van der Waals surface area contributed by atoms with Gasteiger partial charge in [0, 0.05) is 6.42 Å². The van der Waals surface area contributed by atoms with Crippen LogP contribution in [0.1, 0.15) is 18.9 Å². The molecule has 0 bridgehead atoms. The highest BCUT2D eigenvalue weighted by molar-refractivity contribution is 9.10. The first-order valence-corrected chi connectivity index (χ1v) is 5.94. The molecule has 3 N–H and O–H groups in total. The van der Waals surface area contributed by atoms with Gasteiger partial charge in [0.2, 0.25) is 5.91 Å². The summed E-state index contributed by atoms with van der Waals surface area (Å²) in [4.78, 5) is 15.7. The van der Waals surface area contributed by atoms with Crippen molar-refractivity contribution in [1.82, 2.24) is 4.98 Å². The average molecular weight is 286 g/mol. The van der Waals surface area contributed by atoms with Gasteiger partial charge in [-0.2, -0.15) is 0 Å². The Kier molecular flexibility index (Phi) is 4.89. The Bertz CT molecular complexity index is 381. The van der Waals surface area contributed by atoms with E-state index in [4.69, 9.17) is 5.73 Å². The lowest BCUT2D eigenvalue weighted by Gasteiger charge is -2.09. The molecule has 0 saturated heterocycles. The zero-order valence-corrected chi connectivity index (χ0v) is 11.0. The van der Waals surface area contributed by atoms with E-state index in [1.54, 1.807) is 6.20 Å². The van der Waals surface area contributed by atoms with Crippen LogP contribution in [0.4, 0.5) is 5.69 Å². The molecule has 1 heterocycles. The Hall–Kier alpha value is -0.940. The van der Waals surface area contributed by atoms with E-state index in [-0.39, 0.29) is 11.8 Å². The summed E-state index contributed by atoms with van der Waals surface area (Å²) in [6, 6.07) is 1.88. The molecule has 1 aromatic rings. The van der Waals surface area contributed by atoms with Gasteiger partial charge in [0.15, 0.2) is 0 Å². The van der Waals surface area contributed by atoms with Gasteiger partial charge in [-0.05, 0) is 46.9 Å². The van der Waals surface area contributed by atoms with E-state index in [0.717, 1.165) is 15.9 Å². The molecule has 1 rings (SSSR count). The number of aryl methyl sites for hydroxylation is 1. The number of hydrogen-bond acceptors (Lipinski definition) is 3. The van der Waals surface area contributed by atoms with Gasteiger partial charge < -0.3 is 11.1 Å². The van der Waals surface area contributed by atoms with Crippen molar-refractivity contribution in [2.45, 2.75) is 20.3 Å². The molecular formula is C11H16BrN3O. The van der Waals surface area contributed by atoms with E-state index >= 15 is 0 Å². The fraction of sp³-hybridized carbons (Fsp3) is 0.455. The number of carbonyl (C=O) groups is 1. The fourth-order valence-electron chi connectivity index (χ4n) is 1.24. The first kappa shape index (κ1) is 13.1. The number of aromatic nitrogens is 1. The Morgan fingerprint density at radius 2 is 2.38 bits per heavy atom. The van der Waals surface area contributed by atoms with Gasteiger partial charge in [-0.15, -0.1) is 0 Å². The molecule has 0 radical (unpaired) electrons. The molecule has 0 aliphatic rings. The maximum absolute atomic E-state index is 11.6. The molecule has 0 aliphatic carbocycles. The molecule has 0 spiro atoms. The molecule has 4 nitrogen and oxygen atoms in total. The van der Waals surface area contributed by atoms with Crippen LogP contribution in [0.15, 0.2) is 16.9 Å². The predicted molar refractivity (Wildman–Crippen MR) is 68.1 cm³/mol. The van der Waals surface area contributed by atoms with E-state index in [1.807, 2.05) is 19.9 Å². The number of anilines is 1. The maximum Gasteiger partial charge on any atom is 0.224 e. The monoisotopic (exact) mass is 285 g/mol. The van der Waals surface area contributed by atoms with Gasteiger partial charge in [-0.3, -0.25) is 4.79 Å². The smallest absolute Gasteiger partial charge is 0.224 e. The highest BCUT2D eigenvalue weighted by Crippen LogP contribution is 2.17. The lowest BCUT2D eigenvalue weighted by atomic mass is 10.1. The van der Waals surface area contributed by atoms with Gasteiger partial charge >= 0.3 is 0 Å². The molecule has 0 saturated carbocycles. The van der Waals surface area contributed by atoms with Crippen LogP contribution in [0.2, 0.25) is 0 Å². The Balaban J connectivity index is 2.59. The van der Waals surface area contributed by atoms with Crippen LogP contribution in [-0.4, -0.2) is 17.4 Å². The van der Waals surface area contributed by atoms with Crippen molar-refractivity contribution in [3.8, 4) is 0 Å². The van der Waals surface area contributed by atoms with Crippen molar-refractivity contribution in [3.05, 3.63) is 22.4 Å². The number of carbonyl (C=O) groups excluding carboxylic acids is 1. The fourth-order valence-corrected chi connectivity index (χ4v) is 1.46. The molecule has 1 unspecified atom stereocenters. The summed E-state index contributed by atoms with van der Waals surface area (Å²) in [6.45, 7) is 4.39. The summed E-state index contributed by atoms with van der Waals surface area (Å²) < 4.78 is 0.792. The highest BCUT2D eigenvalue weighted by atomic mass is 79.9. The summed E-state index contributed by atoms with van der Waals surface area (Å²) in [5.74, 6) is 0.172. The predicted octanol–water partition coefficient (Wildman–Crippen LogP) is 2.08. The van der Waals surface area contributed by atoms with E-state index in [2.05, 4.69) is 26.2 Å². The number of nitrogens with two attached hydrogens (primary N) is 1. The highest BCUT2D eigenvalue weighted by Gasteiger charge is 2.08. The number of rotatable bonds is 4. The summed E-state index contributed by atoms with van der Waals surface area (Å²) >= 11 is 3.31. The number of nitrogens with one attached hydrogen (secondary N) is 1. The van der Waals surface area contributed by atoms with E-state index in [1.165, 1.54) is 0 Å². The minimum Gasteiger partial charge on any atom is -0.330 e. The van der Waals surface area contributed by atoms with Crippen molar-refractivity contribution in [2.75, 3.05) is 11.9 Å². The molecule has 1 atom stereocenters. The molecule has 5 heteroatoms. The summed E-state index contributed by atoms with van der Waals surface area (Å²) in [5, 5.41) is 2.80. The molecule has 88 valence electrons. The Labute approximate surface area is 104 Å². The molecule has 0 aliphatic heterocycles. The summed E-state index contributed by atoms with van der Waals surface area (Å²) in [7, 11) is 0. The standard InChI is InChI=1S/C11H16BrN3O/c1-7(5-13)3-10(16)15-9-4-8(2)11(12)14-6-9/h4,6-7H,3,5,13H2,1-2H3,(H,15,16). The second-order valence-electron chi connectivity index (χ2n) is 3.92. The van der Waals surface area contributed by atoms with E-state index in [9.17, 15) is 4.79 Å². The third-order valence-electron chi connectivity index (χ3n) is 2.23. The van der Waals surface area contributed by atoms with Gasteiger partial charge in [-0.1, -0.05) is 6.92 Å². The van der Waals surface area contributed by atoms with Crippen LogP contribution in [-0.2, 0) is 4.79 Å². The number of hydrogen-bond donors (Lipinski definition) is 2. The van der Waals surface area contributed by atoms with Gasteiger partial charge in [-0.25, -0.2) is 4.98 Å². The third-order valence-corrected chi connectivity index (χ3v) is 3.06. The van der Waals surface area contributed by atoms with Crippen LogP contribution in [0.5, 0.6) is 0 Å². The van der Waals surface area contributed by atoms with Crippen LogP contribution < -0.4 is 11.1 Å². The number of nitrogens with zero attached hydrogens (tertiary/aromatic N) is 1. The zero-order valence-electron chi connectivity index (χ0n) is 9.46. The zero-order chi connectivity index (χ0) is 12.1. The number of halogens is 1. The molecule has 0 fully saturated rings. The molecular weight excluding hydrogens is 270 g/mol. The second kappa shape index (κ2) is 5.96. The normalized spacial score (nSPS) is 12.2. The third kappa shape index (κ3) is 3.90. The van der Waals surface area contributed by atoms with Crippen LogP contribution in [0.3, 0.4) is 0 Å². The quantitative estimate of drug-likeness (QED) is 0.833. The van der Waals surface area contributed by atoms with Crippen molar-refractivity contribution >= 4 is 27.5 Å². The maximum atomic E-state index is 11.6. The largest absolute Gasteiger partial charge is 0.330 e. The first-order chi connectivity index (χ1) is 7.52. The topological polar surface area (TPSA) is 68.0 Å². The van der Waals surface area contributed by atoms with Crippen LogP contribution >= 0.6 is 15.9 Å². The Morgan fingerprint density at radius 1 is 1.69 bits per heavy atom. The SMILES string of the molecule is Cc1cc(NC(=O)CC(C)CN)cnc1Br. The lowest BCUT2D eigenvalue weighted by Crippen LogP contribution is -2.20. The van der Waals surface area contributed by atoms with Crippen molar-refractivity contribution in [3.63, 3.8) is 0 Å². The molecule has 1 amide bonds. The van der Waals surface area contributed by atoms with Gasteiger partial charge in [0.05, 0.1) is 11.9 Å². The van der Waals surface area contributed by atoms with Crippen LogP contribution in [0, 0.1) is 12.8 Å². The first-order valence-electron chi connectivity index (χ1n) is 5.15. The number of pyridine rings is 1. The minimum atomic E-state index is -0.0264. The lowest BCUT2D eigenvalue weighted by molar-refractivity contribution is -0.116. The minimum absolute atomic E-state index is 0.0264. The second-order valence-corrected chi connectivity index (χ2v) is 4.68. The summed E-state index contributed by atoms with van der Waals surface area (Å²) in [5.41, 5.74) is 7.17.